The van der Waals surface area contributed by atoms with Crippen molar-refractivity contribution >= 4 is 23.2 Å². The van der Waals surface area contributed by atoms with Crippen LogP contribution in [0.25, 0.3) is 0 Å². The van der Waals surface area contributed by atoms with E-state index in [1.54, 1.807) is 30.7 Å². The van der Waals surface area contributed by atoms with Crippen molar-refractivity contribution in [2.24, 2.45) is 0 Å². The van der Waals surface area contributed by atoms with Crippen LogP contribution in [0.3, 0.4) is 0 Å². The van der Waals surface area contributed by atoms with E-state index in [0.717, 1.165) is 6.54 Å². The molecular formula is C11H10Cl2N2O. The number of imidazole rings is 1. The zero-order valence-electron chi connectivity index (χ0n) is 8.44. The summed E-state index contributed by atoms with van der Waals surface area (Å²) in [5.41, 5.74) is 0. The third-order valence-electron chi connectivity index (χ3n) is 2.06. The van der Waals surface area contributed by atoms with Crippen molar-refractivity contribution in [2.45, 2.75) is 6.54 Å². The largest absolute Gasteiger partial charge is 0.490 e. The van der Waals surface area contributed by atoms with Gasteiger partial charge in [0.2, 0.25) is 0 Å². The molecule has 1 aromatic carbocycles. The van der Waals surface area contributed by atoms with Gasteiger partial charge in [0.1, 0.15) is 12.4 Å². The van der Waals surface area contributed by atoms with Crippen LogP contribution >= 0.6 is 23.2 Å². The Balaban J connectivity index is 1.92. The van der Waals surface area contributed by atoms with Crippen LogP contribution < -0.4 is 4.74 Å². The zero-order chi connectivity index (χ0) is 11.4. The molecule has 16 heavy (non-hydrogen) atoms. The maximum Gasteiger partial charge on any atom is 0.139 e. The highest BCUT2D eigenvalue weighted by molar-refractivity contribution is 6.34. The number of aromatic nitrogens is 2. The second-order valence-corrected chi connectivity index (χ2v) is 4.07. The Morgan fingerprint density at radius 3 is 2.94 bits per heavy atom. The molecule has 0 atom stereocenters. The minimum Gasteiger partial charge on any atom is -0.490 e. The molecule has 0 bridgehead atoms. The fraction of sp³-hybridized carbons (Fsp3) is 0.182. The topological polar surface area (TPSA) is 27.1 Å². The van der Waals surface area contributed by atoms with Gasteiger partial charge in [-0.15, -0.1) is 0 Å². The Morgan fingerprint density at radius 1 is 1.31 bits per heavy atom. The molecule has 5 heteroatoms. The van der Waals surface area contributed by atoms with Gasteiger partial charge < -0.3 is 9.30 Å². The molecule has 84 valence electrons. The molecule has 0 aliphatic carbocycles. The van der Waals surface area contributed by atoms with Crippen LogP contribution in [-0.2, 0) is 6.54 Å². The minimum absolute atomic E-state index is 0.524. The predicted molar refractivity (Wildman–Crippen MR) is 64.2 cm³/mol. The van der Waals surface area contributed by atoms with Gasteiger partial charge in [0.15, 0.2) is 0 Å². The number of nitrogens with zero attached hydrogens (tertiary/aromatic N) is 2. The van der Waals surface area contributed by atoms with E-state index in [9.17, 15) is 0 Å². The summed E-state index contributed by atoms with van der Waals surface area (Å²) in [5.74, 6) is 0.606. The first-order valence-corrected chi connectivity index (χ1v) is 5.55. The minimum atomic E-state index is 0.524. The highest BCUT2D eigenvalue weighted by Gasteiger charge is 2.02. The molecule has 0 spiro atoms. The summed E-state index contributed by atoms with van der Waals surface area (Å²) in [5, 5.41) is 1.18. The molecule has 2 rings (SSSR count). The number of ether oxygens (including phenoxy) is 1. The summed E-state index contributed by atoms with van der Waals surface area (Å²) in [7, 11) is 0. The maximum atomic E-state index is 5.95. The van der Waals surface area contributed by atoms with Crippen molar-refractivity contribution < 1.29 is 4.74 Å². The Labute approximate surface area is 104 Å². The maximum absolute atomic E-state index is 5.95. The van der Waals surface area contributed by atoms with E-state index in [1.807, 2.05) is 10.8 Å². The molecule has 0 saturated carbocycles. The highest BCUT2D eigenvalue weighted by Crippen LogP contribution is 2.27. The van der Waals surface area contributed by atoms with Gasteiger partial charge in [0.25, 0.3) is 0 Å². The first-order valence-electron chi connectivity index (χ1n) is 4.79. The molecule has 0 amide bonds. The molecule has 1 aromatic heterocycles. The van der Waals surface area contributed by atoms with Crippen molar-refractivity contribution in [1.29, 1.82) is 0 Å². The van der Waals surface area contributed by atoms with E-state index >= 15 is 0 Å². The first-order chi connectivity index (χ1) is 7.75. The van der Waals surface area contributed by atoms with Gasteiger partial charge in [0.05, 0.1) is 17.9 Å². The summed E-state index contributed by atoms with van der Waals surface area (Å²) < 4.78 is 7.45. The standard InChI is InChI=1S/C11H10Cl2N2O/c12-9-1-2-10(13)11(7-9)16-6-5-15-4-3-14-8-15/h1-4,7-8H,5-6H2. The lowest BCUT2D eigenvalue weighted by Crippen LogP contribution is -2.06. The lowest BCUT2D eigenvalue weighted by molar-refractivity contribution is 0.298. The van der Waals surface area contributed by atoms with Gasteiger partial charge >= 0.3 is 0 Å². The van der Waals surface area contributed by atoms with E-state index in [4.69, 9.17) is 27.9 Å². The van der Waals surface area contributed by atoms with Crippen molar-refractivity contribution in [1.82, 2.24) is 9.55 Å². The van der Waals surface area contributed by atoms with Crippen molar-refractivity contribution in [3.8, 4) is 5.75 Å². The van der Waals surface area contributed by atoms with Crippen LogP contribution in [0.5, 0.6) is 5.75 Å². The Morgan fingerprint density at radius 2 is 2.19 bits per heavy atom. The van der Waals surface area contributed by atoms with Crippen LogP contribution in [0.4, 0.5) is 0 Å². The fourth-order valence-corrected chi connectivity index (χ4v) is 1.60. The first kappa shape index (κ1) is 11.3. The van der Waals surface area contributed by atoms with E-state index in [0.29, 0.717) is 22.4 Å². The van der Waals surface area contributed by atoms with E-state index in [1.165, 1.54) is 0 Å². The average molecular weight is 257 g/mol. The van der Waals surface area contributed by atoms with Crippen molar-refractivity contribution in [3.63, 3.8) is 0 Å². The molecule has 0 fully saturated rings. The van der Waals surface area contributed by atoms with Crippen molar-refractivity contribution in [3.05, 3.63) is 47.0 Å². The smallest absolute Gasteiger partial charge is 0.139 e. The molecule has 2 aromatic rings. The van der Waals surface area contributed by atoms with Crippen LogP contribution in [0, 0.1) is 0 Å². The van der Waals surface area contributed by atoms with Gasteiger partial charge in [-0.3, -0.25) is 0 Å². The summed E-state index contributed by atoms with van der Waals surface area (Å²) in [4.78, 5) is 3.94. The second-order valence-electron chi connectivity index (χ2n) is 3.22. The molecule has 0 aliphatic rings. The molecule has 0 N–H and O–H groups in total. The van der Waals surface area contributed by atoms with Crippen LogP contribution in [-0.4, -0.2) is 16.2 Å². The van der Waals surface area contributed by atoms with E-state index in [-0.39, 0.29) is 0 Å². The van der Waals surface area contributed by atoms with Crippen LogP contribution in [0.15, 0.2) is 36.9 Å². The summed E-state index contributed by atoms with van der Waals surface area (Å²) in [6.07, 6.45) is 5.35. The molecule has 1 heterocycles. The second kappa shape index (κ2) is 5.23. The van der Waals surface area contributed by atoms with Crippen LogP contribution in [0.2, 0.25) is 10.0 Å². The van der Waals surface area contributed by atoms with E-state index < -0.39 is 0 Å². The van der Waals surface area contributed by atoms with Gasteiger partial charge in [-0.25, -0.2) is 4.98 Å². The quantitative estimate of drug-likeness (QED) is 0.840. The molecule has 0 aliphatic heterocycles. The lowest BCUT2D eigenvalue weighted by atomic mass is 10.3. The number of hydrogen-bond acceptors (Lipinski definition) is 2. The molecule has 0 saturated heterocycles. The van der Waals surface area contributed by atoms with Crippen molar-refractivity contribution in [2.75, 3.05) is 6.61 Å². The monoisotopic (exact) mass is 256 g/mol. The average Bonchev–Trinajstić information content (AvgIpc) is 2.76. The third-order valence-corrected chi connectivity index (χ3v) is 2.61. The van der Waals surface area contributed by atoms with Gasteiger partial charge in [0, 0.05) is 23.5 Å². The Kier molecular flexibility index (Phi) is 3.70. The number of hydrogen-bond donors (Lipinski definition) is 0. The Bertz CT molecular complexity index is 457. The number of benzene rings is 1. The fourth-order valence-electron chi connectivity index (χ4n) is 1.27. The Hall–Kier alpha value is -1.19. The van der Waals surface area contributed by atoms with Crippen LogP contribution in [0.1, 0.15) is 0 Å². The van der Waals surface area contributed by atoms with Gasteiger partial charge in [-0.2, -0.15) is 0 Å². The number of rotatable bonds is 4. The summed E-state index contributed by atoms with van der Waals surface area (Å²) in [6.45, 7) is 1.25. The molecule has 3 nitrogen and oxygen atoms in total. The lowest BCUT2D eigenvalue weighted by Gasteiger charge is -2.08. The SMILES string of the molecule is Clc1ccc(Cl)c(OCCn2ccnc2)c1. The highest BCUT2D eigenvalue weighted by atomic mass is 35.5. The third kappa shape index (κ3) is 2.90. The zero-order valence-corrected chi connectivity index (χ0v) is 9.95. The van der Waals surface area contributed by atoms with Gasteiger partial charge in [-0.1, -0.05) is 23.2 Å². The molecule has 0 unspecified atom stereocenters. The molecule has 0 radical (unpaired) electrons. The normalized spacial score (nSPS) is 10.4. The number of halogens is 2. The summed E-state index contributed by atoms with van der Waals surface area (Å²) in [6, 6.07) is 5.15. The summed E-state index contributed by atoms with van der Waals surface area (Å²) >= 11 is 11.8. The van der Waals surface area contributed by atoms with E-state index in [2.05, 4.69) is 4.98 Å². The predicted octanol–water partition coefficient (Wildman–Crippen LogP) is 3.27. The molecular weight excluding hydrogens is 247 g/mol. The van der Waals surface area contributed by atoms with Gasteiger partial charge in [-0.05, 0) is 12.1 Å².